The number of aromatic nitrogens is 2. The maximum Gasteiger partial charge on any atom is 0.497 e. The number of nitrogens with zero attached hydrogens (tertiary/aromatic N) is 2. The zero-order valence-corrected chi connectivity index (χ0v) is 12.5. The fraction of sp³-hybridized carbons (Fsp3) is 0.786. The van der Waals surface area contributed by atoms with E-state index in [1.165, 1.54) is 6.42 Å². The largest absolute Gasteiger partial charge is 0.497 e. The van der Waals surface area contributed by atoms with Crippen molar-refractivity contribution in [2.45, 2.75) is 64.4 Å². The first kappa shape index (κ1) is 14.1. The van der Waals surface area contributed by atoms with Crippen molar-refractivity contribution >= 4 is 12.6 Å². The zero-order valence-electron chi connectivity index (χ0n) is 12.5. The summed E-state index contributed by atoms with van der Waals surface area (Å²) in [5.41, 5.74) is 0.810. The maximum absolute atomic E-state index is 6.01. The van der Waals surface area contributed by atoms with Gasteiger partial charge in [-0.2, -0.15) is 5.10 Å². The Kier molecular flexibility index (Phi) is 3.88. The van der Waals surface area contributed by atoms with E-state index in [1.54, 1.807) is 0 Å². The van der Waals surface area contributed by atoms with Gasteiger partial charge in [0, 0.05) is 30.6 Å². The van der Waals surface area contributed by atoms with Crippen LogP contribution in [0.4, 0.5) is 0 Å². The topological polar surface area (TPSA) is 45.5 Å². The number of hydrogen-bond donors (Lipinski definition) is 0. The molecule has 3 rings (SSSR count). The van der Waals surface area contributed by atoms with Crippen LogP contribution in [0.2, 0.25) is 0 Å². The van der Waals surface area contributed by atoms with Gasteiger partial charge in [0.05, 0.1) is 5.60 Å². The Labute approximate surface area is 120 Å². The summed E-state index contributed by atoms with van der Waals surface area (Å²) in [4.78, 5) is 0. The van der Waals surface area contributed by atoms with Crippen molar-refractivity contribution in [1.82, 2.24) is 9.78 Å². The molecule has 110 valence electrons. The highest BCUT2D eigenvalue weighted by atomic mass is 16.6. The van der Waals surface area contributed by atoms with Crippen molar-refractivity contribution < 1.29 is 14.0 Å². The first-order chi connectivity index (χ1) is 9.53. The summed E-state index contributed by atoms with van der Waals surface area (Å²) >= 11 is 0. The van der Waals surface area contributed by atoms with E-state index >= 15 is 0 Å². The van der Waals surface area contributed by atoms with Gasteiger partial charge in [-0.05, 0) is 46.5 Å². The summed E-state index contributed by atoms with van der Waals surface area (Å²) in [5, 5.41) is 4.42. The van der Waals surface area contributed by atoms with Crippen molar-refractivity contribution in [3.05, 3.63) is 12.4 Å². The fourth-order valence-electron chi connectivity index (χ4n) is 3.03. The molecule has 0 unspecified atom stereocenters. The molecule has 0 amide bonds. The van der Waals surface area contributed by atoms with Gasteiger partial charge in [0.15, 0.2) is 0 Å². The molecule has 1 aromatic rings. The summed E-state index contributed by atoms with van der Waals surface area (Å²) in [6.07, 6.45) is 8.35. The molecule has 2 fully saturated rings. The van der Waals surface area contributed by atoms with Crippen LogP contribution in [0.3, 0.4) is 0 Å². The Morgan fingerprint density at radius 1 is 1.40 bits per heavy atom. The van der Waals surface area contributed by atoms with Gasteiger partial charge < -0.3 is 14.0 Å². The highest BCUT2D eigenvalue weighted by Gasteiger charge is 2.39. The number of hydrogen-bond acceptors (Lipinski definition) is 4. The molecular weight excluding hydrogens is 255 g/mol. The average molecular weight is 278 g/mol. The minimum atomic E-state index is -0.328. The summed E-state index contributed by atoms with van der Waals surface area (Å²) < 4.78 is 19.5. The molecule has 5 nitrogen and oxygen atoms in total. The van der Waals surface area contributed by atoms with Crippen LogP contribution in [0.1, 0.15) is 52.7 Å². The van der Waals surface area contributed by atoms with Crippen molar-refractivity contribution in [2.75, 3.05) is 6.61 Å². The van der Waals surface area contributed by atoms with E-state index in [-0.39, 0.29) is 25.1 Å². The Bertz CT molecular complexity index is 457. The van der Waals surface area contributed by atoms with E-state index in [2.05, 4.69) is 25.9 Å². The van der Waals surface area contributed by atoms with Crippen LogP contribution in [0.25, 0.3) is 0 Å². The van der Waals surface area contributed by atoms with Crippen LogP contribution in [0, 0.1) is 0 Å². The average Bonchev–Trinajstić information content (AvgIpc) is 2.87. The predicted octanol–water partition coefficient (Wildman–Crippen LogP) is 1.88. The minimum Gasteiger partial charge on any atom is -0.405 e. The van der Waals surface area contributed by atoms with Crippen LogP contribution in [-0.4, -0.2) is 35.2 Å². The molecule has 0 N–H and O–H groups in total. The van der Waals surface area contributed by atoms with Crippen molar-refractivity contribution in [2.24, 2.45) is 0 Å². The lowest BCUT2D eigenvalue weighted by molar-refractivity contribution is -0.0395. The summed E-state index contributed by atoms with van der Waals surface area (Å²) in [5.74, 6) is 0. The minimum absolute atomic E-state index is 0.0616. The van der Waals surface area contributed by atoms with Gasteiger partial charge in [-0.15, -0.1) is 0 Å². The van der Waals surface area contributed by atoms with Gasteiger partial charge in [0.1, 0.15) is 6.23 Å². The molecule has 2 atom stereocenters. The maximum atomic E-state index is 6.01. The molecular formula is C14H23BN2O3. The van der Waals surface area contributed by atoms with Gasteiger partial charge >= 0.3 is 7.12 Å². The molecule has 1 aromatic heterocycles. The molecule has 0 aliphatic carbocycles. The second-order valence-electron chi connectivity index (χ2n) is 6.44. The Morgan fingerprint density at radius 3 is 2.95 bits per heavy atom. The lowest BCUT2D eigenvalue weighted by atomic mass is 9.77. The number of ether oxygens (including phenoxy) is 1. The SMILES string of the molecule is C[C@H]1CC(C)(C)OB(c2cnn([C@@H]3CCCCO3)c2)O1. The molecule has 0 saturated carbocycles. The van der Waals surface area contributed by atoms with Gasteiger partial charge in [0.25, 0.3) is 0 Å². The van der Waals surface area contributed by atoms with Crippen LogP contribution < -0.4 is 5.46 Å². The lowest BCUT2D eigenvalue weighted by Crippen LogP contribution is -2.51. The smallest absolute Gasteiger partial charge is 0.405 e. The van der Waals surface area contributed by atoms with E-state index < -0.39 is 0 Å². The Balaban J connectivity index is 1.72. The van der Waals surface area contributed by atoms with E-state index in [9.17, 15) is 0 Å². The second-order valence-corrected chi connectivity index (χ2v) is 6.44. The molecule has 2 aliphatic heterocycles. The molecule has 0 spiro atoms. The van der Waals surface area contributed by atoms with E-state index in [0.717, 1.165) is 31.3 Å². The molecule has 0 bridgehead atoms. The molecule has 0 radical (unpaired) electrons. The van der Waals surface area contributed by atoms with Crippen molar-refractivity contribution in [3.8, 4) is 0 Å². The summed E-state index contributed by atoms with van der Waals surface area (Å²) in [6, 6.07) is 0. The zero-order chi connectivity index (χ0) is 14.2. The standard InChI is InChI=1S/C14H23BN2O3/c1-11-8-14(2,3)20-15(19-11)12-9-16-17(10-12)13-6-4-5-7-18-13/h9-11,13H,4-8H2,1-3H3/t11-,13-/m0/s1. The Morgan fingerprint density at radius 2 is 2.25 bits per heavy atom. The molecule has 0 aromatic carbocycles. The van der Waals surface area contributed by atoms with E-state index in [1.807, 2.05) is 17.1 Å². The van der Waals surface area contributed by atoms with Crippen LogP contribution in [-0.2, 0) is 14.0 Å². The first-order valence-electron chi connectivity index (χ1n) is 7.52. The quantitative estimate of drug-likeness (QED) is 0.775. The highest BCUT2D eigenvalue weighted by Crippen LogP contribution is 2.26. The van der Waals surface area contributed by atoms with Crippen LogP contribution in [0.5, 0.6) is 0 Å². The van der Waals surface area contributed by atoms with Gasteiger partial charge in [-0.1, -0.05) is 0 Å². The molecule has 6 heteroatoms. The second kappa shape index (κ2) is 5.50. The third-order valence-corrected chi connectivity index (χ3v) is 3.91. The normalized spacial score (nSPS) is 30.4. The Hall–Kier alpha value is -0.845. The van der Waals surface area contributed by atoms with E-state index in [4.69, 9.17) is 14.0 Å². The molecule has 20 heavy (non-hydrogen) atoms. The monoisotopic (exact) mass is 278 g/mol. The van der Waals surface area contributed by atoms with Crippen LogP contribution >= 0.6 is 0 Å². The lowest BCUT2D eigenvalue weighted by Gasteiger charge is -2.37. The number of rotatable bonds is 2. The molecule has 3 heterocycles. The highest BCUT2D eigenvalue weighted by molar-refractivity contribution is 6.61. The first-order valence-corrected chi connectivity index (χ1v) is 7.52. The summed E-state index contributed by atoms with van der Waals surface area (Å²) in [6.45, 7) is 7.12. The molecule has 2 saturated heterocycles. The predicted molar refractivity (Wildman–Crippen MR) is 76.8 cm³/mol. The van der Waals surface area contributed by atoms with Crippen LogP contribution in [0.15, 0.2) is 12.4 Å². The van der Waals surface area contributed by atoms with Crippen molar-refractivity contribution in [1.29, 1.82) is 0 Å². The van der Waals surface area contributed by atoms with E-state index in [0.29, 0.717) is 0 Å². The van der Waals surface area contributed by atoms with Crippen molar-refractivity contribution in [3.63, 3.8) is 0 Å². The molecule has 2 aliphatic rings. The van der Waals surface area contributed by atoms with Gasteiger partial charge in [-0.25, -0.2) is 4.68 Å². The van der Waals surface area contributed by atoms with Gasteiger partial charge in [-0.3, -0.25) is 0 Å². The third kappa shape index (κ3) is 3.08. The summed E-state index contributed by atoms with van der Waals surface area (Å²) in [7, 11) is -0.328. The fourth-order valence-corrected chi connectivity index (χ4v) is 3.03. The third-order valence-electron chi connectivity index (χ3n) is 3.91. The van der Waals surface area contributed by atoms with Gasteiger partial charge in [0.2, 0.25) is 0 Å².